The highest BCUT2D eigenvalue weighted by Gasteiger charge is 2.77. The van der Waals surface area contributed by atoms with Crippen LogP contribution < -0.4 is 0 Å². The molecule has 0 saturated heterocycles. The third-order valence-corrected chi connectivity index (χ3v) is 4.39. The molecule has 0 aliphatic heterocycles. The van der Waals surface area contributed by atoms with Gasteiger partial charge in [-0.05, 0) is 33.1 Å². The Kier molecular flexibility index (Phi) is 4.54. The summed E-state index contributed by atoms with van der Waals surface area (Å²) in [6.07, 6.45) is 1.38. The highest BCUT2D eigenvalue weighted by atomic mass is 16.6. The number of esters is 1. The lowest BCUT2D eigenvalue weighted by atomic mass is 9.88. The van der Waals surface area contributed by atoms with E-state index in [1.807, 2.05) is 0 Å². The van der Waals surface area contributed by atoms with Crippen LogP contribution in [0.2, 0.25) is 0 Å². The molecule has 0 aromatic rings. The van der Waals surface area contributed by atoms with E-state index in [1.165, 1.54) is 13.0 Å². The molecule has 2 unspecified atom stereocenters. The summed E-state index contributed by atoms with van der Waals surface area (Å²) in [6.45, 7) is 13.4. The van der Waals surface area contributed by atoms with Crippen LogP contribution in [0.1, 0.15) is 41.5 Å². The van der Waals surface area contributed by atoms with Gasteiger partial charge in [0.15, 0.2) is 0 Å². The van der Waals surface area contributed by atoms with Crippen molar-refractivity contribution >= 4 is 17.9 Å². The maximum Gasteiger partial charge on any atom is 0.335 e. The third kappa shape index (κ3) is 3.02. The van der Waals surface area contributed by atoms with Gasteiger partial charge in [0, 0.05) is 17.1 Å². The van der Waals surface area contributed by atoms with Gasteiger partial charge in [-0.25, -0.2) is 9.59 Å². The fourth-order valence-corrected chi connectivity index (χ4v) is 3.07. The van der Waals surface area contributed by atoms with Crippen LogP contribution in [0.25, 0.3) is 0 Å². The van der Waals surface area contributed by atoms with E-state index in [2.05, 4.69) is 6.58 Å². The Hall–Kier alpha value is -2.11. The Balaban J connectivity index is 3.28. The number of hydrogen-bond donors (Lipinski definition) is 2. The minimum Gasteiger partial charge on any atom is -0.481 e. The first-order valence-electron chi connectivity index (χ1n) is 7.27. The molecule has 0 heterocycles. The van der Waals surface area contributed by atoms with Crippen LogP contribution in [0.5, 0.6) is 0 Å². The Bertz CT molecular complexity index is 605. The fourth-order valence-electron chi connectivity index (χ4n) is 3.07. The van der Waals surface area contributed by atoms with Gasteiger partial charge in [0.2, 0.25) is 0 Å². The molecule has 0 aromatic heterocycles. The normalized spacial score (nSPS) is 26.3. The highest BCUT2D eigenvalue weighted by Crippen LogP contribution is 2.73. The predicted octanol–water partition coefficient (Wildman–Crippen LogP) is 2.64. The van der Waals surface area contributed by atoms with Gasteiger partial charge in [-0.2, -0.15) is 0 Å². The average molecular weight is 324 g/mol. The molecular formula is C17H24O6. The van der Waals surface area contributed by atoms with Crippen molar-refractivity contribution in [2.45, 2.75) is 47.1 Å². The van der Waals surface area contributed by atoms with E-state index in [1.54, 1.807) is 34.6 Å². The number of ether oxygens (including phenoxy) is 1. The van der Waals surface area contributed by atoms with Crippen molar-refractivity contribution in [3.8, 4) is 0 Å². The van der Waals surface area contributed by atoms with Crippen LogP contribution in [0.15, 0.2) is 23.8 Å². The molecule has 0 aromatic carbocycles. The number of carbonyl (C=O) groups excluding carboxylic acids is 1. The van der Waals surface area contributed by atoms with Crippen molar-refractivity contribution in [1.29, 1.82) is 0 Å². The number of allylic oxidation sites excluding steroid dienone is 1. The van der Waals surface area contributed by atoms with Gasteiger partial charge in [-0.15, -0.1) is 0 Å². The molecule has 6 heteroatoms. The molecule has 1 saturated carbocycles. The zero-order chi connectivity index (χ0) is 18.4. The van der Waals surface area contributed by atoms with Crippen LogP contribution in [0.3, 0.4) is 0 Å². The Morgan fingerprint density at radius 2 is 1.65 bits per heavy atom. The van der Waals surface area contributed by atoms with Crippen molar-refractivity contribution in [3.63, 3.8) is 0 Å². The second-order valence-electron chi connectivity index (χ2n) is 7.45. The lowest BCUT2D eigenvalue weighted by Gasteiger charge is -2.23. The van der Waals surface area contributed by atoms with Gasteiger partial charge in [-0.1, -0.05) is 26.5 Å². The predicted molar refractivity (Wildman–Crippen MR) is 83.7 cm³/mol. The molecular weight excluding hydrogens is 300 g/mol. The molecule has 1 aliphatic carbocycles. The third-order valence-electron chi connectivity index (χ3n) is 4.39. The standard InChI is InChI=1S/C17H24O6/c1-9(12(18)19)8-11-16(6,7)17(11,14(21)22)10(2)13(20)23-15(3,4)5/h8,11H,2H2,1,3-7H3,(H,18,19)(H,21,22)/b9-8+. The second kappa shape index (κ2) is 5.51. The number of carboxylic acid groups (broad SMARTS) is 2. The zero-order valence-corrected chi connectivity index (χ0v) is 14.4. The summed E-state index contributed by atoms with van der Waals surface area (Å²) < 4.78 is 5.23. The van der Waals surface area contributed by atoms with Crippen LogP contribution in [0, 0.1) is 16.7 Å². The number of aliphatic carboxylic acids is 2. The summed E-state index contributed by atoms with van der Waals surface area (Å²) in [6, 6.07) is 0. The molecule has 6 nitrogen and oxygen atoms in total. The monoisotopic (exact) mass is 324 g/mol. The number of hydrogen-bond acceptors (Lipinski definition) is 4. The molecule has 1 rings (SSSR count). The van der Waals surface area contributed by atoms with Crippen LogP contribution in [-0.2, 0) is 19.1 Å². The molecule has 0 bridgehead atoms. The summed E-state index contributed by atoms with van der Waals surface area (Å²) in [5.41, 5.74) is -3.32. The lowest BCUT2D eigenvalue weighted by molar-refractivity contribution is -0.155. The summed E-state index contributed by atoms with van der Waals surface area (Å²) in [5.74, 6) is -3.77. The highest BCUT2D eigenvalue weighted by molar-refractivity contribution is 6.01. The summed E-state index contributed by atoms with van der Waals surface area (Å²) >= 11 is 0. The van der Waals surface area contributed by atoms with Crippen LogP contribution in [0.4, 0.5) is 0 Å². The van der Waals surface area contributed by atoms with Crippen molar-refractivity contribution in [2.24, 2.45) is 16.7 Å². The largest absolute Gasteiger partial charge is 0.481 e. The minimum atomic E-state index is -1.56. The zero-order valence-electron chi connectivity index (χ0n) is 14.4. The smallest absolute Gasteiger partial charge is 0.335 e. The van der Waals surface area contributed by atoms with E-state index in [0.29, 0.717) is 0 Å². The van der Waals surface area contributed by atoms with E-state index in [4.69, 9.17) is 9.84 Å². The Morgan fingerprint density at radius 1 is 1.17 bits per heavy atom. The van der Waals surface area contributed by atoms with Gasteiger partial charge in [0.1, 0.15) is 11.0 Å². The summed E-state index contributed by atoms with van der Waals surface area (Å²) in [5, 5.41) is 18.7. The number of carboxylic acids is 2. The molecule has 2 atom stereocenters. The van der Waals surface area contributed by atoms with E-state index < -0.39 is 40.3 Å². The summed E-state index contributed by atoms with van der Waals surface area (Å²) in [4.78, 5) is 35.2. The first-order valence-corrected chi connectivity index (χ1v) is 7.27. The average Bonchev–Trinajstić information content (AvgIpc) is 2.83. The van der Waals surface area contributed by atoms with Crippen LogP contribution >= 0.6 is 0 Å². The van der Waals surface area contributed by atoms with Crippen molar-refractivity contribution in [1.82, 2.24) is 0 Å². The minimum absolute atomic E-state index is 0.0307. The SMILES string of the molecule is C=C(C(=O)OC(C)(C)C)C1(C(=O)O)C(/C=C(\C)C(=O)O)C1(C)C. The quantitative estimate of drug-likeness (QED) is 0.595. The van der Waals surface area contributed by atoms with Gasteiger partial charge >= 0.3 is 17.9 Å². The Labute approximate surface area is 135 Å². The van der Waals surface area contributed by atoms with Gasteiger partial charge in [0.25, 0.3) is 0 Å². The molecule has 23 heavy (non-hydrogen) atoms. The van der Waals surface area contributed by atoms with Crippen molar-refractivity contribution < 1.29 is 29.3 Å². The Morgan fingerprint density at radius 3 is 2.00 bits per heavy atom. The topological polar surface area (TPSA) is 101 Å². The van der Waals surface area contributed by atoms with E-state index in [-0.39, 0.29) is 11.1 Å². The fraction of sp³-hybridized carbons (Fsp3) is 0.588. The van der Waals surface area contributed by atoms with Crippen molar-refractivity contribution in [3.05, 3.63) is 23.8 Å². The maximum absolute atomic E-state index is 12.3. The molecule has 0 amide bonds. The van der Waals surface area contributed by atoms with E-state index >= 15 is 0 Å². The number of carbonyl (C=O) groups is 3. The van der Waals surface area contributed by atoms with Gasteiger partial charge in [-0.3, -0.25) is 4.79 Å². The molecule has 1 fully saturated rings. The molecule has 0 radical (unpaired) electrons. The first-order chi connectivity index (χ1) is 10.2. The van der Waals surface area contributed by atoms with Gasteiger partial charge in [0.05, 0.1) is 0 Å². The van der Waals surface area contributed by atoms with Gasteiger partial charge < -0.3 is 14.9 Å². The molecule has 2 N–H and O–H groups in total. The summed E-state index contributed by atoms with van der Waals surface area (Å²) in [7, 11) is 0. The molecule has 0 spiro atoms. The van der Waals surface area contributed by atoms with Crippen molar-refractivity contribution in [2.75, 3.05) is 0 Å². The number of rotatable bonds is 5. The lowest BCUT2D eigenvalue weighted by Crippen LogP contribution is -2.32. The van der Waals surface area contributed by atoms with Crippen LogP contribution in [-0.4, -0.2) is 33.7 Å². The molecule has 128 valence electrons. The maximum atomic E-state index is 12.3. The second-order valence-corrected chi connectivity index (χ2v) is 7.45. The van der Waals surface area contributed by atoms with E-state index in [9.17, 15) is 19.5 Å². The van der Waals surface area contributed by atoms with E-state index in [0.717, 1.165) is 0 Å². The first kappa shape index (κ1) is 18.9. The molecule has 1 aliphatic rings.